The molecule has 1 aliphatic carbocycles. The van der Waals surface area contributed by atoms with Crippen molar-refractivity contribution in [1.29, 1.82) is 0 Å². The number of ether oxygens (including phenoxy) is 1. The van der Waals surface area contributed by atoms with E-state index in [0.29, 0.717) is 17.4 Å². The lowest BCUT2D eigenvalue weighted by Gasteiger charge is -2.29. The topological polar surface area (TPSA) is 67.4 Å². The highest BCUT2D eigenvalue weighted by molar-refractivity contribution is 5.88. The monoisotopic (exact) mass is 304 g/mol. The average molecular weight is 304 g/mol. The molecular formula is C17H24N2O3. The van der Waals surface area contributed by atoms with Gasteiger partial charge in [0.2, 0.25) is 5.91 Å². The molecule has 2 atom stereocenters. The molecule has 1 fully saturated rings. The second kappa shape index (κ2) is 7.82. The molecule has 5 heteroatoms. The van der Waals surface area contributed by atoms with Crippen molar-refractivity contribution in [2.45, 2.75) is 45.6 Å². The SMILES string of the molecule is CC(=O)Nc1ccc(OCC(=O)NC2CCCCC2C)cc1. The summed E-state index contributed by atoms with van der Waals surface area (Å²) in [6, 6.07) is 7.24. The highest BCUT2D eigenvalue weighted by Crippen LogP contribution is 2.23. The Morgan fingerprint density at radius 2 is 1.86 bits per heavy atom. The lowest BCUT2D eigenvalue weighted by molar-refractivity contribution is -0.124. The first-order valence-electron chi connectivity index (χ1n) is 7.84. The molecule has 1 saturated carbocycles. The highest BCUT2D eigenvalue weighted by atomic mass is 16.5. The number of rotatable bonds is 5. The van der Waals surface area contributed by atoms with Crippen LogP contribution in [0.1, 0.15) is 39.5 Å². The van der Waals surface area contributed by atoms with Gasteiger partial charge in [0.15, 0.2) is 6.61 Å². The number of carbonyl (C=O) groups is 2. The van der Waals surface area contributed by atoms with E-state index in [1.165, 1.54) is 26.2 Å². The van der Waals surface area contributed by atoms with Crippen molar-refractivity contribution in [2.75, 3.05) is 11.9 Å². The third-order valence-electron chi connectivity index (χ3n) is 4.00. The number of nitrogens with one attached hydrogen (secondary N) is 2. The van der Waals surface area contributed by atoms with Crippen molar-refractivity contribution in [3.8, 4) is 5.75 Å². The molecule has 0 aliphatic heterocycles. The first-order valence-corrected chi connectivity index (χ1v) is 7.84. The van der Waals surface area contributed by atoms with Crippen LogP contribution in [0.4, 0.5) is 5.69 Å². The second-order valence-corrected chi connectivity index (χ2v) is 5.93. The van der Waals surface area contributed by atoms with Crippen LogP contribution >= 0.6 is 0 Å². The third kappa shape index (κ3) is 5.06. The number of carbonyl (C=O) groups excluding carboxylic acids is 2. The van der Waals surface area contributed by atoms with Crippen LogP contribution in [0.2, 0.25) is 0 Å². The molecule has 2 rings (SSSR count). The Morgan fingerprint density at radius 1 is 1.18 bits per heavy atom. The first-order chi connectivity index (χ1) is 10.5. The maximum atomic E-state index is 11.9. The van der Waals surface area contributed by atoms with E-state index in [4.69, 9.17) is 4.74 Å². The largest absolute Gasteiger partial charge is 0.484 e. The molecule has 0 heterocycles. The maximum Gasteiger partial charge on any atom is 0.258 e. The number of hydrogen-bond acceptors (Lipinski definition) is 3. The average Bonchev–Trinajstić information content (AvgIpc) is 2.48. The van der Waals surface area contributed by atoms with Gasteiger partial charge in [-0.2, -0.15) is 0 Å². The summed E-state index contributed by atoms with van der Waals surface area (Å²) < 4.78 is 5.48. The van der Waals surface area contributed by atoms with E-state index >= 15 is 0 Å². The van der Waals surface area contributed by atoms with Crippen LogP contribution in [0.5, 0.6) is 5.75 Å². The molecule has 0 saturated heterocycles. The van der Waals surface area contributed by atoms with Gasteiger partial charge in [-0.15, -0.1) is 0 Å². The Balaban J connectivity index is 1.77. The van der Waals surface area contributed by atoms with Gasteiger partial charge in [0, 0.05) is 18.7 Å². The summed E-state index contributed by atoms with van der Waals surface area (Å²) in [6.07, 6.45) is 4.67. The fourth-order valence-corrected chi connectivity index (χ4v) is 2.77. The van der Waals surface area contributed by atoms with Crippen molar-refractivity contribution >= 4 is 17.5 Å². The zero-order valence-corrected chi connectivity index (χ0v) is 13.2. The summed E-state index contributed by atoms with van der Waals surface area (Å²) in [7, 11) is 0. The predicted molar refractivity (Wildman–Crippen MR) is 85.8 cm³/mol. The van der Waals surface area contributed by atoms with Crippen LogP contribution in [-0.2, 0) is 9.59 Å². The third-order valence-corrected chi connectivity index (χ3v) is 4.00. The van der Waals surface area contributed by atoms with E-state index in [1.54, 1.807) is 24.3 Å². The molecule has 0 aromatic heterocycles. The van der Waals surface area contributed by atoms with Crippen LogP contribution in [0.25, 0.3) is 0 Å². The van der Waals surface area contributed by atoms with Gasteiger partial charge in [-0.05, 0) is 43.0 Å². The molecule has 0 bridgehead atoms. The summed E-state index contributed by atoms with van der Waals surface area (Å²) in [5, 5.41) is 5.74. The molecule has 5 nitrogen and oxygen atoms in total. The molecule has 1 aromatic rings. The minimum atomic E-state index is -0.116. The highest BCUT2D eigenvalue weighted by Gasteiger charge is 2.22. The van der Waals surface area contributed by atoms with Crippen LogP contribution in [-0.4, -0.2) is 24.5 Å². The van der Waals surface area contributed by atoms with E-state index < -0.39 is 0 Å². The Kier molecular flexibility index (Phi) is 5.81. The molecule has 22 heavy (non-hydrogen) atoms. The Bertz CT molecular complexity index is 513. The fraction of sp³-hybridized carbons (Fsp3) is 0.529. The van der Waals surface area contributed by atoms with E-state index in [-0.39, 0.29) is 24.5 Å². The Hall–Kier alpha value is -2.04. The maximum absolute atomic E-state index is 11.9. The molecule has 2 N–H and O–H groups in total. The first kappa shape index (κ1) is 16.3. The van der Waals surface area contributed by atoms with E-state index in [0.717, 1.165) is 6.42 Å². The molecular weight excluding hydrogens is 280 g/mol. The number of hydrogen-bond donors (Lipinski definition) is 2. The van der Waals surface area contributed by atoms with Gasteiger partial charge in [-0.3, -0.25) is 9.59 Å². The normalized spacial score (nSPS) is 21.0. The lowest BCUT2D eigenvalue weighted by Crippen LogP contribution is -2.43. The van der Waals surface area contributed by atoms with Crippen molar-refractivity contribution < 1.29 is 14.3 Å². The van der Waals surface area contributed by atoms with Gasteiger partial charge in [0.25, 0.3) is 5.91 Å². The predicted octanol–water partition coefficient (Wildman–Crippen LogP) is 2.72. The Labute approximate surface area is 131 Å². The van der Waals surface area contributed by atoms with Crippen LogP contribution in [0.15, 0.2) is 24.3 Å². The van der Waals surface area contributed by atoms with Crippen LogP contribution in [0, 0.1) is 5.92 Å². The quantitative estimate of drug-likeness (QED) is 0.879. The van der Waals surface area contributed by atoms with E-state index in [1.807, 2.05) is 0 Å². The summed E-state index contributed by atoms with van der Waals surface area (Å²) in [6.45, 7) is 3.66. The molecule has 0 spiro atoms. The molecule has 1 aromatic carbocycles. The molecule has 2 amide bonds. The molecule has 2 unspecified atom stereocenters. The lowest BCUT2D eigenvalue weighted by atomic mass is 9.86. The minimum absolute atomic E-state index is 0.0166. The van der Waals surface area contributed by atoms with Gasteiger partial charge in [-0.1, -0.05) is 19.8 Å². The molecule has 120 valence electrons. The van der Waals surface area contributed by atoms with Gasteiger partial charge < -0.3 is 15.4 Å². The van der Waals surface area contributed by atoms with Gasteiger partial charge >= 0.3 is 0 Å². The summed E-state index contributed by atoms with van der Waals surface area (Å²) in [5.41, 5.74) is 0.709. The number of benzene rings is 1. The van der Waals surface area contributed by atoms with E-state index in [9.17, 15) is 9.59 Å². The van der Waals surface area contributed by atoms with Gasteiger partial charge in [-0.25, -0.2) is 0 Å². The zero-order chi connectivity index (χ0) is 15.9. The second-order valence-electron chi connectivity index (χ2n) is 5.93. The molecule has 1 aliphatic rings. The zero-order valence-electron chi connectivity index (χ0n) is 13.2. The van der Waals surface area contributed by atoms with Crippen molar-refractivity contribution in [3.05, 3.63) is 24.3 Å². The van der Waals surface area contributed by atoms with Gasteiger partial charge in [0.1, 0.15) is 5.75 Å². The number of amides is 2. The van der Waals surface area contributed by atoms with Crippen molar-refractivity contribution in [1.82, 2.24) is 5.32 Å². The van der Waals surface area contributed by atoms with Gasteiger partial charge in [0.05, 0.1) is 0 Å². The standard InChI is InChI=1S/C17H24N2O3/c1-12-5-3-4-6-16(12)19-17(21)11-22-15-9-7-14(8-10-15)18-13(2)20/h7-10,12,16H,3-6,11H2,1-2H3,(H,18,20)(H,19,21). The van der Waals surface area contributed by atoms with E-state index in [2.05, 4.69) is 17.6 Å². The van der Waals surface area contributed by atoms with Crippen LogP contribution < -0.4 is 15.4 Å². The fourth-order valence-electron chi connectivity index (χ4n) is 2.77. The smallest absolute Gasteiger partial charge is 0.258 e. The summed E-state index contributed by atoms with van der Waals surface area (Å²) in [4.78, 5) is 22.9. The number of anilines is 1. The van der Waals surface area contributed by atoms with Crippen molar-refractivity contribution in [2.24, 2.45) is 5.92 Å². The minimum Gasteiger partial charge on any atom is -0.484 e. The molecule has 0 radical (unpaired) electrons. The Morgan fingerprint density at radius 3 is 2.50 bits per heavy atom. The summed E-state index contributed by atoms with van der Waals surface area (Å²) in [5.74, 6) is 0.954. The van der Waals surface area contributed by atoms with Crippen LogP contribution in [0.3, 0.4) is 0 Å². The summed E-state index contributed by atoms with van der Waals surface area (Å²) >= 11 is 0. The van der Waals surface area contributed by atoms with Crippen molar-refractivity contribution in [3.63, 3.8) is 0 Å².